The fourth-order valence-corrected chi connectivity index (χ4v) is 5.04. The van der Waals surface area contributed by atoms with Crippen LogP contribution in [-0.2, 0) is 12.5 Å². The van der Waals surface area contributed by atoms with E-state index in [0.717, 1.165) is 29.1 Å². The number of aliphatic hydroxyl groups is 1. The van der Waals surface area contributed by atoms with Gasteiger partial charge in [-0.05, 0) is 29.8 Å². The molecule has 2 aliphatic heterocycles. The molecule has 0 saturated carbocycles. The third kappa shape index (κ3) is 2.59. The molecule has 1 saturated heterocycles. The van der Waals surface area contributed by atoms with Gasteiger partial charge in [0.05, 0.1) is 25.3 Å². The fraction of sp³-hybridized carbons (Fsp3) is 0.348. The third-order valence-corrected chi connectivity index (χ3v) is 6.48. The van der Waals surface area contributed by atoms with Crippen LogP contribution in [0.3, 0.4) is 0 Å². The van der Waals surface area contributed by atoms with Crippen molar-refractivity contribution in [3.63, 3.8) is 0 Å². The highest BCUT2D eigenvalue weighted by Gasteiger charge is 2.52. The van der Waals surface area contributed by atoms with E-state index in [2.05, 4.69) is 16.0 Å². The van der Waals surface area contributed by atoms with Gasteiger partial charge < -0.3 is 24.6 Å². The van der Waals surface area contributed by atoms with Crippen LogP contribution in [0.1, 0.15) is 27.7 Å². The molecule has 3 aromatic rings. The first-order valence-electron chi connectivity index (χ1n) is 9.93. The van der Waals surface area contributed by atoms with Gasteiger partial charge in [-0.15, -0.1) is 0 Å². The molecule has 1 spiro atoms. The first-order chi connectivity index (χ1) is 14.1. The Morgan fingerprint density at radius 3 is 2.69 bits per heavy atom. The highest BCUT2D eigenvalue weighted by Crippen LogP contribution is 2.46. The summed E-state index contributed by atoms with van der Waals surface area (Å²) in [5.74, 6) is 0.886. The molecule has 0 radical (unpaired) electrons. The van der Waals surface area contributed by atoms with Crippen molar-refractivity contribution in [3.05, 3.63) is 65.4 Å². The van der Waals surface area contributed by atoms with Crippen molar-refractivity contribution in [1.82, 2.24) is 14.8 Å². The molecule has 1 atom stereocenters. The molecule has 150 valence electrons. The van der Waals surface area contributed by atoms with Gasteiger partial charge in [0.25, 0.3) is 5.91 Å². The van der Waals surface area contributed by atoms with Crippen LogP contribution in [0, 0.1) is 0 Å². The SMILES string of the molecule is COc1ccc2c3c(n(C)c2c1)[C@H](CO)NCC31CN(C(=O)c2ccccc2)C1. The molecule has 1 amide bonds. The van der Waals surface area contributed by atoms with Crippen molar-refractivity contribution >= 4 is 16.8 Å². The molecule has 29 heavy (non-hydrogen) atoms. The Labute approximate surface area is 169 Å². The molecule has 2 N–H and O–H groups in total. The Hall–Kier alpha value is -2.83. The molecular weight excluding hydrogens is 366 g/mol. The lowest BCUT2D eigenvalue weighted by Crippen LogP contribution is -2.67. The molecule has 0 unspecified atom stereocenters. The zero-order valence-electron chi connectivity index (χ0n) is 16.7. The Bertz CT molecular complexity index is 1080. The minimum atomic E-state index is -0.139. The molecular formula is C23H25N3O3. The van der Waals surface area contributed by atoms with Gasteiger partial charge in [-0.2, -0.15) is 0 Å². The number of ether oxygens (including phenoxy) is 1. The zero-order chi connectivity index (χ0) is 20.2. The number of fused-ring (bicyclic) bond motifs is 4. The minimum absolute atomic E-state index is 0.0387. The highest BCUT2D eigenvalue weighted by molar-refractivity contribution is 5.96. The second kappa shape index (κ2) is 6.61. The van der Waals surface area contributed by atoms with Crippen LogP contribution < -0.4 is 10.1 Å². The van der Waals surface area contributed by atoms with Crippen LogP contribution in [0.5, 0.6) is 5.75 Å². The van der Waals surface area contributed by atoms with Gasteiger partial charge in [-0.1, -0.05) is 18.2 Å². The maximum absolute atomic E-state index is 12.9. The number of aromatic nitrogens is 1. The minimum Gasteiger partial charge on any atom is -0.497 e. The molecule has 6 nitrogen and oxygen atoms in total. The number of hydrogen-bond acceptors (Lipinski definition) is 4. The van der Waals surface area contributed by atoms with Crippen LogP contribution >= 0.6 is 0 Å². The van der Waals surface area contributed by atoms with Crippen LogP contribution in [0.2, 0.25) is 0 Å². The number of aryl methyl sites for hydroxylation is 1. The van der Waals surface area contributed by atoms with E-state index in [-0.39, 0.29) is 24.0 Å². The highest BCUT2D eigenvalue weighted by atomic mass is 16.5. The number of carbonyl (C=O) groups excluding carboxylic acids is 1. The lowest BCUT2D eigenvalue weighted by atomic mass is 9.69. The molecule has 1 fully saturated rings. The van der Waals surface area contributed by atoms with Crippen molar-refractivity contribution in [1.29, 1.82) is 0 Å². The summed E-state index contributed by atoms with van der Waals surface area (Å²) < 4.78 is 7.58. The maximum Gasteiger partial charge on any atom is 0.253 e. The first-order valence-corrected chi connectivity index (χ1v) is 9.93. The average Bonchev–Trinajstić information content (AvgIpc) is 3.04. The molecule has 2 aliphatic rings. The lowest BCUT2D eigenvalue weighted by Gasteiger charge is -2.53. The van der Waals surface area contributed by atoms with Crippen molar-refractivity contribution in [2.75, 3.05) is 33.4 Å². The van der Waals surface area contributed by atoms with Crippen LogP contribution in [0.4, 0.5) is 0 Å². The summed E-state index contributed by atoms with van der Waals surface area (Å²) in [5.41, 5.74) is 4.03. The molecule has 6 heteroatoms. The van der Waals surface area contributed by atoms with Gasteiger partial charge in [-0.25, -0.2) is 0 Å². The predicted molar refractivity (Wildman–Crippen MR) is 111 cm³/mol. The number of likely N-dealkylation sites (tertiary alicyclic amines) is 1. The van der Waals surface area contributed by atoms with Crippen molar-refractivity contribution in [2.45, 2.75) is 11.5 Å². The monoisotopic (exact) mass is 391 g/mol. The standard InChI is InChI=1S/C23H25N3O3/c1-25-19-10-16(29-2)8-9-17(19)20-21(25)18(11-27)24-12-23(20)13-26(14-23)22(28)15-6-4-3-5-7-15/h3-10,18,24,27H,11-14H2,1-2H3/t18-/m0/s1. The number of amides is 1. The van der Waals surface area contributed by atoms with E-state index in [9.17, 15) is 9.90 Å². The summed E-state index contributed by atoms with van der Waals surface area (Å²) in [5, 5.41) is 14.7. The average molecular weight is 391 g/mol. The Kier molecular flexibility index (Phi) is 4.15. The van der Waals surface area contributed by atoms with Gasteiger partial charge in [0.15, 0.2) is 0 Å². The van der Waals surface area contributed by atoms with Gasteiger partial charge in [-0.3, -0.25) is 4.79 Å². The smallest absolute Gasteiger partial charge is 0.253 e. The summed E-state index contributed by atoms with van der Waals surface area (Å²) >= 11 is 0. The number of methoxy groups -OCH3 is 1. The number of hydrogen-bond donors (Lipinski definition) is 2. The van der Waals surface area contributed by atoms with E-state index in [4.69, 9.17) is 4.74 Å². The molecule has 1 aromatic heterocycles. The Morgan fingerprint density at radius 1 is 1.24 bits per heavy atom. The number of benzene rings is 2. The molecule has 2 aromatic carbocycles. The molecule has 0 aliphatic carbocycles. The first kappa shape index (κ1) is 18.2. The largest absolute Gasteiger partial charge is 0.497 e. The number of nitrogens with one attached hydrogen (secondary N) is 1. The van der Waals surface area contributed by atoms with E-state index < -0.39 is 0 Å². The second-order valence-corrected chi connectivity index (χ2v) is 8.13. The van der Waals surface area contributed by atoms with Crippen molar-refractivity contribution in [3.8, 4) is 5.75 Å². The number of carbonyl (C=O) groups is 1. The third-order valence-electron chi connectivity index (χ3n) is 6.48. The normalized spacial score (nSPS) is 19.8. The van der Waals surface area contributed by atoms with Gasteiger partial charge >= 0.3 is 0 Å². The second-order valence-electron chi connectivity index (χ2n) is 8.13. The summed E-state index contributed by atoms with van der Waals surface area (Å²) in [6, 6.07) is 15.5. The van der Waals surface area contributed by atoms with E-state index in [1.54, 1.807) is 7.11 Å². The Balaban J connectivity index is 1.56. The van der Waals surface area contributed by atoms with Crippen molar-refractivity contribution < 1.29 is 14.6 Å². The Morgan fingerprint density at radius 2 is 2.00 bits per heavy atom. The van der Waals surface area contributed by atoms with E-state index >= 15 is 0 Å². The number of aliphatic hydroxyl groups excluding tert-OH is 1. The lowest BCUT2D eigenvalue weighted by molar-refractivity contribution is 0.0338. The van der Waals surface area contributed by atoms with Gasteiger partial charge in [0.2, 0.25) is 0 Å². The van der Waals surface area contributed by atoms with Crippen LogP contribution in [0.25, 0.3) is 10.9 Å². The summed E-state index contributed by atoms with van der Waals surface area (Å²) in [6.45, 7) is 2.13. The summed E-state index contributed by atoms with van der Waals surface area (Å²) in [7, 11) is 3.71. The zero-order valence-corrected chi connectivity index (χ0v) is 16.7. The van der Waals surface area contributed by atoms with E-state index in [1.807, 2.05) is 54.4 Å². The summed E-state index contributed by atoms with van der Waals surface area (Å²) in [6.07, 6.45) is 0. The number of rotatable bonds is 3. The van der Waals surface area contributed by atoms with Crippen LogP contribution in [0.15, 0.2) is 48.5 Å². The molecule has 3 heterocycles. The predicted octanol–water partition coefficient (Wildman–Crippen LogP) is 2.22. The topological polar surface area (TPSA) is 66.7 Å². The van der Waals surface area contributed by atoms with Crippen molar-refractivity contribution in [2.24, 2.45) is 7.05 Å². The maximum atomic E-state index is 12.9. The van der Waals surface area contributed by atoms with E-state index in [0.29, 0.717) is 13.1 Å². The quantitative estimate of drug-likeness (QED) is 0.719. The summed E-state index contributed by atoms with van der Waals surface area (Å²) in [4.78, 5) is 14.8. The number of nitrogens with zero attached hydrogens (tertiary/aromatic N) is 2. The van der Waals surface area contributed by atoms with Gasteiger partial charge in [0.1, 0.15) is 5.75 Å². The van der Waals surface area contributed by atoms with Crippen LogP contribution in [-0.4, -0.2) is 53.8 Å². The van der Waals surface area contributed by atoms with Gasteiger partial charge in [0, 0.05) is 54.8 Å². The molecule has 0 bridgehead atoms. The fourth-order valence-electron chi connectivity index (χ4n) is 5.04. The molecule has 5 rings (SSSR count). The van der Waals surface area contributed by atoms with E-state index in [1.165, 1.54) is 10.9 Å².